The maximum atomic E-state index is 12.4. The van der Waals surface area contributed by atoms with Crippen LogP contribution in [0.2, 0.25) is 0 Å². The lowest BCUT2D eigenvalue weighted by Gasteiger charge is -2.32. The van der Waals surface area contributed by atoms with E-state index in [1.54, 1.807) is 6.20 Å². The standard InChI is InChI=1S/C17H23N5O2S/c1-2-15-19-17(21-20-15)25-12-16(23)22-8-4-6-14(10-22)24-11-13-5-3-7-18-9-13/h3,5,7,9,14H,2,4,6,8,10-12H2,1H3,(H,19,20,21)/t14-/m1/s1. The van der Waals surface area contributed by atoms with Gasteiger partial charge in [-0.2, -0.15) is 0 Å². The number of nitrogens with one attached hydrogen (secondary N) is 1. The highest BCUT2D eigenvalue weighted by Crippen LogP contribution is 2.18. The van der Waals surface area contributed by atoms with Crippen molar-refractivity contribution in [3.05, 3.63) is 35.9 Å². The second kappa shape index (κ2) is 8.96. The van der Waals surface area contributed by atoms with Gasteiger partial charge in [-0.15, -0.1) is 5.10 Å². The summed E-state index contributed by atoms with van der Waals surface area (Å²) in [5, 5.41) is 7.60. The number of carbonyl (C=O) groups is 1. The van der Waals surface area contributed by atoms with Crippen molar-refractivity contribution in [2.45, 2.75) is 44.1 Å². The lowest BCUT2D eigenvalue weighted by molar-refractivity contribution is -0.132. The first-order chi connectivity index (χ1) is 12.2. The quantitative estimate of drug-likeness (QED) is 0.760. The van der Waals surface area contributed by atoms with Crippen LogP contribution in [0.1, 0.15) is 31.2 Å². The van der Waals surface area contributed by atoms with Crippen LogP contribution in [0.25, 0.3) is 0 Å². The molecule has 0 unspecified atom stereocenters. The number of hydrogen-bond acceptors (Lipinski definition) is 6. The van der Waals surface area contributed by atoms with Crippen LogP contribution in [-0.4, -0.2) is 55.9 Å². The van der Waals surface area contributed by atoms with Gasteiger partial charge < -0.3 is 9.64 Å². The van der Waals surface area contributed by atoms with Crippen molar-refractivity contribution in [3.8, 4) is 0 Å². The minimum atomic E-state index is 0.0816. The van der Waals surface area contributed by atoms with Crippen LogP contribution < -0.4 is 0 Å². The summed E-state index contributed by atoms with van der Waals surface area (Å²) in [5.74, 6) is 1.32. The second-order valence-corrected chi connectivity index (χ2v) is 6.93. The van der Waals surface area contributed by atoms with Gasteiger partial charge in [-0.1, -0.05) is 24.8 Å². The summed E-state index contributed by atoms with van der Waals surface area (Å²) in [5.41, 5.74) is 1.05. The van der Waals surface area contributed by atoms with E-state index in [0.717, 1.165) is 37.2 Å². The molecule has 2 aromatic heterocycles. The van der Waals surface area contributed by atoms with E-state index >= 15 is 0 Å². The molecule has 0 aromatic carbocycles. The highest BCUT2D eigenvalue weighted by atomic mass is 32.2. The summed E-state index contributed by atoms with van der Waals surface area (Å²) < 4.78 is 5.96. The van der Waals surface area contributed by atoms with Gasteiger partial charge in [-0.05, 0) is 24.5 Å². The fraction of sp³-hybridized carbons (Fsp3) is 0.529. The van der Waals surface area contributed by atoms with E-state index in [-0.39, 0.29) is 12.0 Å². The first-order valence-corrected chi connectivity index (χ1v) is 9.55. The molecule has 0 spiro atoms. The molecule has 0 aliphatic carbocycles. The highest BCUT2D eigenvalue weighted by Gasteiger charge is 2.24. The number of carbonyl (C=O) groups excluding carboxylic acids is 1. The number of thioether (sulfide) groups is 1. The second-order valence-electron chi connectivity index (χ2n) is 5.98. The van der Waals surface area contributed by atoms with Crippen molar-refractivity contribution in [3.63, 3.8) is 0 Å². The molecular weight excluding hydrogens is 338 g/mol. The number of piperidine rings is 1. The molecule has 1 fully saturated rings. The molecule has 8 heteroatoms. The highest BCUT2D eigenvalue weighted by molar-refractivity contribution is 7.99. The number of H-pyrrole nitrogens is 1. The summed E-state index contributed by atoms with van der Waals surface area (Å²) in [4.78, 5) is 22.7. The molecule has 0 radical (unpaired) electrons. The number of ether oxygens (including phenoxy) is 1. The van der Waals surface area contributed by atoms with Gasteiger partial charge in [0.25, 0.3) is 0 Å². The zero-order valence-electron chi connectivity index (χ0n) is 14.4. The zero-order valence-corrected chi connectivity index (χ0v) is 15.2. The molecule has 1 atom stereocenters. The Morgan fingerprint density at radius 2 is 2.44 bits per heavy atom. The molecule has 1 aliphatic rings. The van der Waals surface area contributed by atoms with E-state index in [9.17, 15) is 4.79 Å². The van der Waals surface area contributed by atoms with E-state index in [4.69, 9.17) is 4.74 Å². The van der Waals surface area contributed by atoms with Crippen LogP contribution in [0.3, 0.4) is 0 Å². The normalized spacial score (nSPS) is 17.6. The Balaban J connectivity index is 1.44. The molecule has 3 rings (SSSR count). The number of aryl methyl sites for hydroxylation is 1. The molecule has 3 heterocycles. The maximum absolute atomic E-state index is 12.4. The van der Waals surface area contributed by atoms with Crippen LogP contribution in [0.5, 0.6) is 0 Å². The fourth-order valence-electron chi connectivity index (χ4n) is 2.72. The van der Waals surface area contributed by atoms with Gasteiger partial charge in [0.05, 0.1) is 18.5 Å². The number of aromatic nitrogens is 4. The molecule has 25 heavy (non-hydrogen) atoms. The molecule has 0 saturated carbocycles. The molecule has 7 nitrogen and oxygen atoms in total. The third kappa shape index (κ3) is 5.27. The molecule has 1 saturated heterocycles. The van der Waals surface area contributed by atoms with Gasteiger partial charge in [0, 0.05) is 31.9 Å². The van der Waals surface area contributed by atoms with Crippen LogP contribution in [-0.2, 0) is 22.6 Å². The minimum absolute atomic E-state index is 0.0816. The van der Waals surface area contributed by atoms with Crippen LogP contribution in [0.15, 0.2) is 29.7 Å². The number of likely N-dealkylation sites (tertiary alicyclic amines) is 1. The van der Waals surface area contributed by atoms with E-state index in [0.29, 0.717) is 24.1 Å². The molecule has 1 amide bonds. The van der Waals surface area contributed by atoms with Crippen molar-refractivity contribution < 1.29 is 9.53 Å². The average molecular weight is 361 g/mol. The first-order valence-electron chi connectivity index (χ1n) is 8.57. The summed E-state index contributed by atoms with van der Waals surface area (Å²) in [6.45, 7) is 3.99. The van der Waals surface area contributed by atoms with Crippen LogP contribution in [0, 0.1) is 0 Å². The topological polar surface area (TPSA) is 84.0 Å². The number of amides is 1. The van der Waals surface area contributed by atoms with Crippen molar-refractivity contribution >= 4 is 17.7 Å². The van der Waals surface area contributed by atoms with Gasteiger partial charge in [0.1, 0.15) is 5.82 Å². The predicted molar refractivity (Wildman–Crippen MR) is 95.1 cm³/mol. The Kier molecular flexibility index (Phi) is 6.41. The minimum Gasteiger partial charge on any atom is -0.372 e. The van der Waals surface area contributed by atoms with Gasteiger partial charge >= 0.3 is 0 Å². The van der Waals surface area contributed by atoms with Gasteiger partial charge in [-0.3, -0.25) is 14.9 Å². The summed E-state index contributed by atoms with van der Waals surface area (Å²) in [7, 11) is 0. The number of pyridine rings is 1. The van der Waals surface area contributed by atoms with E-state index in [1.807, 2.05) is 30.2 Å². The smallest absolute Gasteiger partial charge is 0.233 e. The molecule has 2 aromatic rings. The van der Waals surface area contributed by atoms with Crippen molar-refractivity contribution in [1.29, 1.82) is 0 Å². The van der Waals surface area contributed by atoms with Crippen LogP contribution >= 0.6 is 11.8 Å². The van der Waals surface area contributed by atoms with Gasteiger partial charge in [0.15, 0.2) is 0 Å². The Hall–Kier alpha value is -1.93. The largest absolute Gasteiger partial charge is 0.372 e. The summed E-state index contributed by atoms with van der Waals surface area (Å²) in [6.07, 6.45) is 6.40. The summed E-state index contributed by atoms with van der Waals surface area (Å²) in [6, 6.07) is 3.90. The number of nitrogens with zero attached hydrogens (tertiary/aromatic N) is 4. The zero-order chi connectivity index (χ0) is 17.5. The Morgan fingerprint density at radius 3 is 3.20 bits per heavy atom. The van der Waals surface area contributed by atoms with Crippen molar-refractivity contribution in [2.75, 3.05) is 18.8 Å². The summed E-state index contributed by atoms with van der Waals surface area (Å²) >= 11 is 1.38. The molecule has 1 N–H and O–H groups in total. The molecule has 134 valence electrons. The SMILES string of the molecule is CCc1nc(SCC(=O)N2CCC[C@@H](OCc3cccnc3)C2)n[nH]1. The number of aromatic amines is 1. The van der Waals surface area contributed by atoms with E-state index < -0.39 is 0 Å². The van der Waals surface area contributed by atoms with E-state index in [2.05, 4.69) is 20.2 Å². The van der Waals surface area contributed by atoms with Gasteiger partial charge in [0.2, 0.25) is 11.1 Å². The maximum Gasteiger partial charge on any atom is 0.233 e. The lowest BCUT2D eigenvalue weighted by Crippen LogP contribution is -2.44. The Labute approximate surface area is 151 Å². The Bertz CT molecular complexity index is 679. The fourth-order valence-corrected chi connectivity index (χ4v) is 3.44. The molecule has 0 bridgehead atoms. The number of rotatable bonds is 7. The predicted octanol–water partition coefficient (Wildman–Crippen LogP) is 2.06. The van der Waals surface area contributed by atoms with Crippen molar-refractivity contribution in [1.82, 2.24) is 25.1 Å². The monoisotopic (exact) mass is 361 g/mol. The third-order valence-electron chi connectivity index (χ3n) is 4.11. The third-order valence-corrected chi connectivity index (χ3v) is 4.94. The molecule has 1 aliphatic heterocycles. The van der Waals surface area contributed by atoms with Gasteiger partial charge in [-0.25, -0.2) is 4.98 Å². The van der Waals surface area contributed by atoms with Crippen LogP contribution in [0.4, 0.5) is 0 Å². The Morgan fingerprint density at radius 1 is 1.52 bits per heavy atom. The molecular formula is C17H23N5O2S. The first kappa shape index (κ1) is 17.9. The van der Waals surface area contributed by atoms with Crippen molar-refractivity contribution in [2.24, 2.45) is 0 Å². The lowest BCUT2D eigenvalue weighted by atomic mass is 10.1. The average Bonchev–Trinajstić information content (AvgIpc) is 3.14. The van der Waals surface area contributed by atoms with E-state index in [1.165, 1.54) is 11.8 Å². The number of hydrogen-bond donors (Lipinski definition) is 1.